The summed E-state index contributed by atoms with van der Waals surface area (Å²) in [6.45, 7) is 5.40. The van der Waals surface area contributed by atoms with Crippen molar-refractivity contribution < 1.29 is 0 Å². The van der Waals surface area contributed by atoms with Crippen LogP contribution in [0.25, 0.3) is 0 Å². The Bertz CT molecular complexity index is 551. The highest BCUT2D eigenvalue weighted by atomic mass is 79.9. The Labute approximate surface area is 136 Å². The summed E-state index contributed by atoms with van der Waals surface area (Å²) >= 11 is 3.44. The molecule has 1 atom stereocenters. The molecule has 2 nitrogen and oxygen atoms in total. The summed E-state index contributed by atoms with van der Waals surface area (Å²) in [5.41, 5.74) is 3.85. The Kier molecular flexibility index (Phi) is 6.40. The predicted octanol–water partition coefficient (Wildman–Crippen LogP) is 4.31. The van der Waals surface area contributed by atoms with E-state index in [1.165, 1.54) is 11.1 Å². The molecule has 2 rings (SSSR count). The fraction of sp³-hybridized carbons (Fsp3) is 0.389. The van der Waals surface area contributed by atoms with Gasteiger partial charge in [-0.2, -0.15) is 0 Å². The van der Waals surface area contributed by atoms with Crippen LogP contribution in [-0.2, 0) is 12.8 Å². The summed E-state index contributed by atoms with van der Waals surface area (Å²) in [6.07, 6.45) is 5.03. The maximum absolute atomic E-state index is 4.50. The summed E-state index contributed by atoms with van der Waals surface area (Å²) in [6, 6.07) is 13.4. The normalized spacial score (nSPS) is 12.3. The van der Waals surface area contributed by atoms with Crippen molar-refractivity contribution in [3.8, 4) is 0 Å². The Morgan fingerprint density at radius 2 is 2.05 bits per heavy atom. The van der Waals surface area contributed by atoms with Gasteiger partial charge in [0, 0.05) is 28.8 Å². The van der Waals surface area contributed by atoms with Crippen molar-refractivity contribution in [3.63, 3.8) is 0 Å². The lowest BCUT2D eigenvalue weighted by atomic mass is 10.00. The molecule has 1 unspecified atom stereocenters. The summed E-state index contributed by atoms with van der Waals surface area (Å²) in [5, 5.41) is 3.65. The van der Waals surface area contributed by atoms with E-state index >= 15 is 0 Å². The molecule has 1 aromatic heterocycles. The highest BCUT2D eigenvalue weighted by Crippen LogP contribution is 2.12. The molecule has 0 aliphatic carbocycles. The van der Waals surface area contributed by atoms with Gasteiger partial charge >= 0.3 is 0 Å². The van der Waals surface area contributed by atoms with Crippen LogP contribution in [0.5, 0.6) is 0 Å². The minimum Gasteiger partial charge on any atom is -0.313 e. The van der Waals surface area contributed by atoms with Crippen molar-refractivity contribution >= 4 is 15.9 Å². The molecule has 1 heterocycles. The maximum Gasteiger partial charge on any atom is 0.0420 e. The average Bonchev–Trinajstić information content (AvgIpc) is 2.47. The first kappa shape index (κ1) is 16.2. The summed E-state index contributed by atoms with van der Waals surface area (Å²) in [5.74, 6) is 0. The van der Waals surface area contributed by atoms with Gasteiger partial charge in [0.2, 0.25) is 0 Å². The topological polar surface area (TPSA) is 24.9 Å². The Balaban J connectivity index is 2.04. The Hall–Kier alpha value is -1.19. The molecule has 1 aromatic carbocycles. The molecule has 0 spiro atoms. The standard InChI is InChI=1S/C18H23BrN2/c1-3-9-20-18(11-15-6-4-5-14(2)10-15)12-17-8-7-16(19)13-21-17/h4-8,10,13,18,20H,3,9,11-12H2,1-2H3. The minimum atomic E-state index is 0.431. The van der Waals surface area contributed by atoms with Crippen LogP contribution in [0, 0.1) is 6.92 Å². The van der Waals surface area contributed by atoms with Gasteiger partial charge in [-0.05, 0) is 59.9 Å². The number of halogens is 1. The summed E-state index contributed by atoms with van der Waals surface area (Å²) < 4.78 is 1.03. The smallest absolute Gasteiger partial charge is 0.0420 e. The van der Waals surface area contributed by atoms with Gasteiger partial charge in [-0.25, -0.2) is 0 Å². The average molecular weight is 347 g/mol. The summed E-state index contributed by atoms with van der Waals surface area (Å²) in [4.78, 5) is 4.50. The van der Waals surface area contributed by atoms with Gasteiger partial charge in [0.25, 0.3) is 0 Å². The van der Waals surface area contributed by atoms with E-state index < -0.39 is 0 Å². The highest BCUT2D eigenvalue weighted by Gasteiger charge is 2.11. The lowest BCUT2D eigenvalue weighted by molar-refractivity contribution is 0.500. The third-order valence-electron chi connectivity index (χ3n) is 3.49. The Morgan fingerprint density at radius 3 is 2.71 bits per heavy atom. The second kappa shape index (κ2) is 8.30. The second-order valence-electron chi connectivity index (χ2n) is 5.52. The van der Waals surface area contributed by atoms with E-state index in [0.29, 0.717) is 6.04 Å². The lowest BCUT2D eigenvalue weighted by Crippen LogP contribution is -2.34. The quantitative estimate of drug-likeness (QED) is 0.808. The first-order chi connectivity index (χ1) is 10.2. The molecule has 112 valence electrons. The van der Waals surface area contributed by atoms with E-state index in [1.54, 1.807) is 0 Å². The fourth-order valence-corrected chi connectivity index (χ4v) is 2.70. The maximum atomic E-state index is 4.50. The van der Waals surface area contributed by atoms with Crippen LogP contribution in [-0.4, -0.2) is 17.6 Å². The third kappa shape index (κ3) is 5.60. The van der Waals surface area contributed by atoms with Crippen LogP contribution >= 0.6 is 15.9 Å². The van der Waals surface area contributed by atoms with Gasteiger partial charge < -0.3 is 5.32 Å². The minimum absolute atomic E-state index is 0.431. The molecule has 0 fully saturated rings. The van der Waals surface area contributed by atoms with E-state index in [2.05, 4.69) is 76.5 Å². The molecular weight excluding hydrogens is 324 g/mol. The van der Waals surface area contributed by atoms with Crippen molar-refractivity contribution in [1.29, 1.82) is 0 Å². The SMILES string of the molecule is CCCNC(Cc1cccc(C)c1)Cc1ccc(Br)cn1. The molecule has 0 aliphatic rings. The molecule has 2 aromatic rings. The largest absolute Gasteiger partial charge is 0.313 e. The van der Waals surface area contributed by atoms with E-state index in [9.17, 15) is 0 Å². The zero-order chi connectivity index (χ0) is 15.1. The first-order valence-corrected chi connectivity index (χ1v) is 8.36. The monoisotopic (exact) mass is 346 g/mol. The number of pyridine rings is 1. The molecule has 0 aliphatic heterocycles. The zero-order valence-electron chi connectivity index (χ0n) is 12.8. The van der Waals surface area contributed by atoms with Crippen LogP contribution in [0.2, 0.25) is 0 Å². The van der Waals surface area contributed by atoms with Crippen LogP contribution in [0.4, 0.5) is 0 Å². The van der Waals surface area contributed by atoms with Gasteiger partial charge in [0.05, 0.1) is 0 Å². The van der Waals surface area contributed by atoms with Crippen molar-refractivity contribution in [1.82, 2.24) is 10.3 Å². The predicted molar refractivity (Wildman–Crippen MR) is 92.6 cm³/mol. The number of nitrogens with one attached hydrogen (secondary N) is 1. The van der Waals surface area contributed by atoms with Crippen LogP contribution < -0.4 is 5.32 Å². The number of hydrogen-bond acceptors (Lipinski definition) is 2. The molecule has 1 N–H and O–H groups in total. The number of hydrogen-bond donors (Lipinski definition) is 1. The number of rotatable bonds is 7. The molecule has 0 bridgehead atoms. The van der Waals surface area contributed by atoms with Crippen molar-refractivity contribution in [3.05, 3.63) is 63.9 Å². The van der Waals surface area contributed by atoms with Crippen LogP contribution in [0.15, 0.2) is 47.1 Å². The molecule has 0 amide bonds. The number of benzene rings is 1. The van der Waals surface area contributed by atoms with Gasteiger partial charge in [-0.15, -0.1) is 0 Å². The molecule has 21 heavy (non-hydrogen) atoms. The first-order valence-electron chi connectivity index (χ1n) is 7.56. The molecule has 3 heteroatoms. The lowest BCUT2D eigenvalue weighted by Gasteiger charge is -2.18. The molecule has 0 saturated carbocycles. The van der Waals surface area contributed by atoms with E-state index in [0.717, 1.165) is 36.0 Å². The van der Waals surface area contributed by atoms with E-state index in [4.69, 9.17) is 0 Å². The van der Waals surface area contributed by atoms with Crippen LogP contribution in [0.1, 0.15) is 30.2 Å². The number of nitrogens with zero attached hydrogens (tertiary/aromatic N) is 1. The second-order valence-corrected chi connectivity index (χ2v) is 6.43. The third-order valence-corrected chi connectivity index (χ3v) is 3.96. The number of aromatic nitrogens is 1. The van der Waals surface area contributed by atoms with Crippen LogP contribution in [0.3, 0.4) is 0 Å². The zero-order valence-corrected chi connectivity index (χ0v) is 14.4. The van der Waals surface area contributed by atoms with Crippen molar-refractivity contribution in [2.45, 2.75) is 39.2 Å². The van der Waals surface area contributed by atoms with E-state index in [-0.39, 0.29) is 0 Å². The molecule has 0 radical (unpaired) electrons. The van der Waals surface area contributed by atoms with Gasteiger partial charge in [-0.1, -0.05) is 36.8 Å². The van der Waals surface area contributed by atoms with E-state index in [1.807, 2.05) is 6.20 Å². The molecule has 0 saturated heterocycles. The van der Waals surface area contributed by atoms with Gasteiger partial charge in [0.15, 0.2) is 0 Å². The van der Waals surface area contributed by atoms with Gasteiger partial charge in [-0.3, -0.25) is 4.98 Å². The fourth-order valence-electron chi connectivity index (χ4n) is 2.47. The highest BCUT2D eigenvalue weighted by molar-refractivity contribution is 9.10. The van der Waals surface area contributed by atoms with Crippen molar-refractivity contribution in [2.75, 3.05) is 6.54 Å². The van der Waals surface area contributed by atoms with Gasteiger partial charge in [0.1, 0.15) is 0 Å². The summed E-state index contributed by atoms with van der Waals surface area (Å²) in [7, 11) is 0. The number of aryl methyl sites for hydroxylation is 1. The Morgan fingerprint density at radius 1 is 1.19 bits per heavy atom. The van der Waals surface area contributed by atoms with Crippen molar-refractivity contribution in [2.24, 2.45) is 0 Å². The molecular formula is C18H23BrN2.